The number of non-ortho nitro benzene ring substituents is 1. The van der Waals surface area contributed by atoms with E-state index < -0.39 is 11.0 Å². The van der Waals surface area contributed by atoms with Gasteiger partial charge in [0.2, 0.25) is 0 Å². The van der Waals surface area contributed by atoms with Gasteiger partial charge in [0.25, 0.3) is 5.69 Å². The molecule has 6 nitrogen and oxygen atoms in total. The molecule has 0 aliphatic carbocycles. The lowest BCUT2D eigenvalue weighted by Crippen LogP contribution is -2.29. The lowest BCUT2D eigenvalue weighted by Gasteiger charge is -2.18. The van der Waals surface area contributed by atoms with Crippen LogP contribution in [0.2, 0.25) is 10.0 Å². The Morgan fingerprint density at radius 2 is 2.06 bits per heavy atom. The molecule has 0 bridgehead atoms. The summed E-state index contributed by atoms with van der Waals surface area (Å²) in [4.78, 5) is 10.0. The molecule has 1 rings (SSSR count). The third kappa shape index (κ3) is 3.71. The van der Waals surface area contributed by atoms with Gasteiger partial charge in [-0.05, 0) is 0 Å². The number of hydrogen-bond donors (Lipinski definition) is 2. The van der Waals surface area contributed by atoms with E-state index in [4.69, 9.17) is 33.0 Å². The van der Waals surface area contributed by atoms with Crippen molar-refractivity contribution < 1.29 is 14.8 Å². The second-order valence-electron chi connectivity index (χ2n) is 3.52. The SMILES string of the molecule is COCC(CO)Nc1c(Cl)cc([N+](=O)[O-])cc1Cl. The highest BCUT2D eigenvalue weighted by Crippen LogP contribution is 2.35. The van der Waals surface area contributed by atoms with Gasteiger partial charge in [-0.15, -0.1) is 0 Å². The Hall–Kier alpha value is -1.08. The molecule has 1 aromatic carbocycles. The molecular weight excluding hydrogens is 283 g/mol. The largest absolute Gasteiger partial charge is 0.394 e. The van der Waals surface area contributed by atoms with Gasteiger partial charge in [-0.1, -0.05) is 23.2 Å². The van der Waals surface area contributed by atoms with Crippen LogP contribution >= 0.6 is 23.2 Å². The number of rotatable bonds is 6. The zero-order valence-electron chi connectivity index (χ0n) is 9.52. The maximum absolute atomic E-state index is 10.6. The summed E-state index contributed by atoms with van der Waals surface area (Å²) in [6.45, 7) is 0.0671. The fourth-order valence-electron chi connectivity index (χ4n) is 1.35. The smallest absolute Gasteiger partial charge is 0.272 e. The molecule has 0 aliphatic rings. The molecule has 0 spiro atoms. The molecule has 0 heterocycles. The molecule has 100 valence electrons. The summed E-state index contributed by atoms with van der Waals surface area (Å²) in [6, 6.07) is 1.99. The summed E-state index contributed by atoms with van der Waals surface area (Å²) >= 11 is 11.8. The number of nitro groups is 1. The Bertz CT molecular complexity index is 419. The Labute approximate surface area is 114 Å². The van der Waals surface area contributed by atoms with Crippen molar-refractivity contribution in [1.82, 2.24) is 0 Å². The maximum atomic E-state index is 10.6. The van der Waals surface area contributed by atoms with E-state index in [0.29, 0.717) is 5.69 Å². The number of aliphatic hydroxyl groups is 1. The van der Waals surface area contributed by atoms with E-state index in [2.05, 4.69) is 5.32 Å². The van der Waals surface area contributed by atoms with Gasteiger partial charge in [-0.3, -0.25) is 10.1 Å². The van der Waals surface area contributed by atoms with Crippen molar-refractivity contribution >= 4 is 34.6 Å². The molecule has 0 aliphatic heterocycles. The summed E-state index contributed by atoms with van der Waals surface area (Å²) in [6.07, 6.45) is 0. The van der Waals surface area contributed by atoms with Gasteiger partial charge in [0, 0.05) is 19.2 Å². The number of aliphatic hydroxyl groups excluding tert-OH is 1. The van der Waals surface area contributed by atoms with Crippen molar-refractivity contribution in [2.24, 2.45) is 0 Å². The van der Waals surface area contributed by atoms with Crippen LogP contribution in [0.5, 0.6) is 0 Å². The van der Waals surface area contributed by atoms with Gasteiger partial charge in [-0.2, -0.15) is 0 Å². The standard InChI is InChI=1S/C10H12Cl2N2O4/c1-18-5-6(4-15)13-10-8(11)2-7(14(16)17)3-9(10)12/h2-3,6,13,15H,4-5H2,1H3. The van der Waals surface area contributed by atoms with E-state index in [1.165, 1.54) is 19.2 Å². The predicted octanol–water partition coefficient (Wildman–Crippen LogP) is 2.32. The van der Waals surface area contributed by atoms with Gasteiger partial charge in [-0.25, -0.2) is 0 Å². The van der Waals surface area contributed by atoms with Gasteiger partial charge < -0.3 is 15.2 Å². The second-order valence-corrected chi connectivity index (χ2v) is 4.34. The minimum absolute atomic E-state index is 0.115. The Morgan fingerprint density at radius 3 is 2.44 bits per heavy atom. The van der Waals surface area contributed by atoms with Crippen LogP contribution < -0.4 is 5.32 Å². The van der Waals surface area contributed by atoms with Crippen molar-refractivity contribution in [1.29, 1.82) is 0 Å². The van der Waals surface area contributed by atoms with E-state index >= 15 is 0 Å². The van der Waals surface area contributed by atoms with Crippen molar-refractivity contribution in [2.75, 3.05) is 25.6 Å². The van der Waals surface area contributed by atoms with Crippen LogP contribution in [0.15, 0.2) is 12.1 Å². The molecule has 1 aromatic rings. The summed E-state index contributed by atoms with van der Waals surface area (Å²) < 4.78 is 4.89. The van der Waals surface area contributed by atoms with Crippen molar-refractivity contribution in [2.45, 2.75) is 6.04 Å². The first-order chi connectivity index (χ1) is 8.49. The van der Waals surface area contributed by atoms with Crippen LogP contribution in [0, 0.1) is 10.1 Å². The lowest BCUT2D eigenvalue weighted by atomic mass is 10.2. The van der Waals surface area contributed by atoms with E-state index in [1.54, 1.807) is 0 Å². The highest BCUT2D eigenvalue weighted by Gasteiger charge is 2.17. The van der Waals surface area contributed by atoms with Crippen LogP contribution in [-0.2, 0) is 4.74 Å². The van der Waals surface area contributed by atoms with Crippen molar-refractivity contribution in [3.8, 4) is 0 Å². The quantitative estimate of drug-likeness (QED) is 0.621. The molecule has 18 heavy (non-hydrogen) atoms. The monoisotopic (exact) mass is 294 g/mol. The zero-order valence-corrected chi connectivity index (χ0v) is 11.0. The number of nitrogens with zero attached hydrogens (tertiary/aromatic N) is 1. The average molecular weight is 295 g/mol. The molecule has 8 heteroatoms. The van der Waals surface area contributed by atoms with Gasteiger partial charge in [0.1, 0.15) is 0 Å². The summed E-state index contributed by atoms with van der Waals surface area (Å²) in [5.74, 6) is 0. The highest BCUT2D eigenvalue weighted by atomic mass is 35.5. The fraction of sp³-hybridized carbons (Fsp3) is 0.400. The van der Waals surface area contributed by atoms with Crippen LogP contribution in [0.25, 0.3) is 0 Å². The van der Waals surface area contributed by atoms with Gasteiger partial charge in [0.15, 0.2) is 0 Å². The predicted molar refractivity (Wildman–Crippen MR) is 69.5 cm³/mol. The number of anilines is 1. The lowest BCUT2D eigenvalue weighted by molar-refractivity contribution is -0.384. The van der Waals surface area contributed by atoms with E-state index in [-0.39, 0.29) is 28.9 Å². The number of halogens is 2. The topological polar surface area (TPSA) is 84.6 Å². The molecule has 0 saturated heterocycles. The van der Waals surface area contributed by atoms with E-state index in [9.17, 15) is 10.1 Å². The molecular formula is C10H12Cl2N2O4. The first-order valence-corrected chi connectivity index (χ1v) is 5.75. The van der Waals surface area contributed by atoms with Crippen LogP contribution in [0.4, 0.5) is 11.4 Å². The maximum Gasteiger partial charge on any atom is 0.272 e. The fourth-order valence-corrected chi connectivity index (χ4v) is 1.93. The number of benzene rings is 1. The summed E-state index contributed by atoms with van der Waals surface area (Å²) in [7, 11) is 1.49. The molecule has 1 atom stereocenters. The van der Waals surface area contributed by atoms with Gasteiger partial charge in [0.05, 0.1) is 39.9 Å². The number of ether oxygens (including phenoxy) is 1. The van der Waals surface area contributed by atoms with E-state index in [1.807, 2.05) is 0 Å². The molecule has 0 saturated carbocycles. The minimum Gasteiger partial charge on any atom is -0.394 e. The van der Waals surface area contributed by atoms with Crippen LogP contribution in [0.1, 0.15) is 0 Å². The Morgan fingerprint density at radius 1 is 1.50 bits per heavy atom. The minimum atomic E-state index is -0.583. The van der Waals surface area contributed by atoms with Crippen molar-refractivity contribution in [3.05, 3.63) is 32.3 Å². The molecule has 0 aromatic heterocycles. The van der Waals surface area contributed by atoms with Gasteiger partial charge >= 0.3 is 0 Å². The molecule has 1 unspecified atom stereocenters. The second kappa shape index (κ2) is 6.75. The summed E-state index contributed by atoms with van der Waals surface area (Å²) in [5.41, 5.74) is 0.142. The number of nitro benzene ring substituents is 1. The molecule has 0 fully saturated rings. The van der Waals surface area contributed by atoms with Crippen LogP contribution in [-0.4, -0.2) is 36.4 Å². The third-order valence-corrected chi connectivity index (χ3v) is 2.77. The average Bonchev–Trinajstić information content (AvgIpc) is 2.31. The highest BCUT2D eigenvalue weighted by molar-refractivity contribution is 6.39. The summed E-state index contributed by atoms with van der Waals surface area (Å²) in [5, 5.41) is 22.8. The Balaban J connectivity index is 2.99. The van der Waals surface area contributed by atoms with Crippen molar-refractivity contribution in [3.63, 3.8) is 0 Å². The molecule has 0 radical (unpaired) electrons. The molecule has 2 N–H and O–H groups in total. The zero-order chi connectivity index (χ0) is 13.7. The normalized spacial score (nSPS) is 12.2. The third-order valence-electron chi connectivity index (χ3n) is 2.17. The number of nitrogens with one attached hydrogen (secondary N) is 1. The molecule has 0 amide bonds. The van der Waals surface area contributed by atoms with Crippen LogP contribution in [0.3, 0.4) is 0 Å². The first kappa shape index (κ1) is 15.0. The van der Waals surface area contributed by atoms with E-state index in [0.717, 1.165) is 0 Å². The number of methoxy groups -OCH3 is 1. The first-order valence-electron chi connectivity index (χ1n) is 4.99. The Kier molecular flexibility index (Phi) is 5.61. The number of hydrogen-bond acceptors (Lipinski definition) is 5.